The maximum absolute atomic E-state index is 12.4. The maximum Gasteiger partial charge on any atom is 0.321 e. The molecule has 0 aliphatic rings. The number of carbonyl (C=O) groups excluding carboxylic acids is 1. The summed E-state index contributed by atoms with van der Waals surface area (Å²) in [6.45, 7) is -0.0501. The van der Waals surface area contributed by atoms with Crippen LogP contribution in [-0.4, -0.2) is 49.7 Å². The first-order chi connectivity index (χ1) is 13.8. The second kappa shape index (κ2) is 10.7. The number of aliphatic carboxylic acids is 1. The summed E-state index contributed by atoms with van der Waals surface area (Å²) in [6, 6.07) is 13.5. The molecule has 0 spiro atoms. The molecule has 0 bridgehead atoms. The van der Waals surface area contributed by atoms with Crippen molar-refractivity contribution in [3.63, 3.8) is 0 Å². The third-order valence-electron chi connectivity index (χ3n) is 3.95. The van der Waals surface area contributed by atoms with Gasteiger partial charge in [-0.1, -0.05) is 30.3 Å². The summed E-state index contributed by atoms with van der Waals surface area (Å²) in [6.07, 6.45) is -0.339. The zero-order valence-corrected chi connectivity index (χ0v) is 16.4. The number of carbonyl (C=O) groups is 2. The first kappa shape index (κ1) is 22.5. The fraction of sp³-hybridized carbons (Fsp3) is 0.263. The molecule has 0 aliphatic heterocycles. The Morgan fingerprint density at radius 2 is 1.66 bits per heavy atom. The molecule has 1 unspecified atom stereocenters. The normalized spacial score (nSPS) is 12.3. The molecule has 1 amide bonds. The minimum Gasteiger partial charge on any atom is -0.480 e. The van der Waals surface area contributed by atoms with E-state index in [1.54, 1.807) is 12.1 Å². The van der Waals surface area contributed by atoms with Crippen molar-refractivity contribution >= 4 is 27.6 Å². The van der Waals surface area contributed by atoms with Crippen LogP contribution in [-0.2, 0) is 26.2 Å². The fourth-order valence-corrected chi connectivity index (χ4v) is 3.48. The molecule has 0 saturated heterocycles. The molecule has 5 N–H and O–H groups in total. The van der Waals surface area contributed by atoms with E-state index in [1.807, 2.05) is 18.2 Å². The summed E-state index contributed by atoms with van der Waals surface area (Å²) < 4.78 is 27.2. The zero-order valence-electron chi connectivity index (χ0n) is 15.5. The highest BCUT2D eigenvalue weighted by Gasteiger charge is 2.20. The number of rotatable bonds is 11. The van der Waals surface area contributed by atoms with Crippen molar-refractivity contribution in [1.29, 1.82) is 0 Å². The largest absolute Gasteiger partial charge is 0.480 e. The van der Waals surface area contributed by atoms with E-state index in [-0.39, 0.29) is 31.0 Å². The van der Waals surface area contributed by atoms with Gasteiger partial charge in [0, 0.05) is 18.8 Å². The third kappa shape index (κ3) is 7.27. The van der Waals surface area contributed by atoms with Crippen molar-refractivity contribution in [2.45, 2.75) is 23.9 Å². The molecule has 0 radical (unpaired) electrons. The van der Waals surface area contributed by atoms with Gasteiger partial charge in [-0.05, 0) is 29.8 Å². The highest BCUT2D eigenvalue weighted by atomic mass is 32.2. The quantitative estimate of drug-likeness (QED) is 0.356. The lowest BCUT2D eigenvalue weighted by molar-refractivity contribution is -0.141. The molecular formula is C19H23N3O6S. The van der Waals surface area contributed by atoms with Crippen LogP contribution in [0.15, 0.2) is 59.5 Å². The second-order valence-corrected chi connectivity index (χ2v) is 7.92. The SMILES string of the molecule is O=C(CC(NCCO)C(=O)O)Nc1ccc(S(=O)(=O)NCc2ccccc2)cc1. The Morgan fingerprint density at radius 3 is 2.24 bits per heavy atom. The molecule has 1 atom stereocenters. The molecule has 0 saturated carbocycles. The van der Waals surface area contributed by atoms with Gasteiger partial charge in [-0.2, -0.15) is 0 Å². The second-order valence-electron chi connectivity index (χ2n) is 6.16. The Morgan fingerprint density at radius 1 is 1.00 bits per heavy atom. The predicted molar refractivity (Wildman–Crippen MR) is 107 cm³/mol. The van der Waals surface area contributed by atoms with Gasteiger partial charge in [0.2, 0.25) is 15.9 Å². The molecule has 2 aromatic carbocycles. The van der Waals surface area contributed by atoms with Crippen LogP contribution < -0.4 is 15.4 Å². The molecule has 2 aromatic rings. The highest BCUT2D eigenvalue weighted by molar-refractivity contribution is 7.89. The van der Waals surface area contributed by atoms with Crippen molar-refractivity contribution < 1.29 is 28.2 Å². The molecule has 156 valence electrons. The van der Waals surface area contributed by atoms with E-state index in [1.165, 1.54) is 24.3 Å². The number of amides is 1. The Bertz CT molecular complexity index is 917. The average Bonchev–Trinajstić information content (AvgIpc) is 2.70. The van der Waals surface area contributed by atoms with E-state index in [9.17, 15) is 18.0 Å². The summed E-state index contributed by atoms with van der Waals surface area (Å²) in [7, 11) is -3.72. The van der Waals surface area contributed by atoms with Crippen LogP contribution in [0.2, 0.25) is 0 Å². The van der Waals surface area contributed by atoms with Crippen molar-refractivity contribution in [1.82, 2.24) is 10.0 Å². The van der Waals surface area contributed by atoms with Gasteiger partial charge >= 0.3 is 5.97 Å². The number of aliphatic hydroxyl groups is 1. The number of benzene rings is 2. The third-order valence-corrected chi connectivity index (χ3v) is 5.36. The minimum absolute atomic E-state index is 0.0412. The number of aliphatic hydroxyl groups excluding tert-OH is 1. The van der Waals surface area contributed by atoms with Gasteiger partial charge in [0.05, 0.1) is 17.9 Å². The summed E-state index contributed by atoms with van der Waals surface area (Å²) >= 11 is 0. The van der Waals surface area contributed by atoms with Crippen molar-refractivity contribution in [2.75, 3.05) is 18.5 Å². The lowest BCUT2D eigenvalue weighted by atomic mass is 10.2. The Balaban J connectivity index is 1.94. The number of hydrogen-bond acceptors (Lipinski definition) is 6. The van der Waals surface area contributed by atoms with Crippen molar-refractivity contribution in [2.24, 2.45) is 0 Å². The van der Waals surface area contributed by atoms with Crippen LogP contribution in [0.3, 0.4) is 0 Å². The standard InChI is InChI=1S/C19H23N3O6S/c23-11-10-20-17(19(25)26)12-18(24)22-15-6-8-16(9-7-15)29(27,28)21-13-14-4-2-1-3-5-14/h1-9,17,20-21,23H,10-13H2,(H,22,24)(H,25,26). The van der Waals surface area contributed by atoms with E-state index >= 15 is 0 Å². The molecular weight excluding hydrogens is 398 g/mol. The van der Waals surface area contributed by atoms with Gasteiger partial charge in [0.1, 0.15) is 6.04 Å². The smallest absolute Gasteiger partial charge is 0.321 e. The van der Waals surface area contributed by atoms with Gasteiger partial charge in [-0.15, -0.1) is 0 Å². The molecule has 10 heteroatoms. The van der Waals surface area contributed by atoms with E-state index in [0.29, 0.717) is 5.69 Å². The number of carboxylic acids is 1. The van der Waals surface area contributed by atoms with Crippen molar-refractivity contribution in [3.05, 3.63) is 60.2 Å². The highest BCUT2D eigenvalue weighted by Crippen LogP contribution is 2.15. The Labute approximate surface area is 168 Å². The van der Waals surface area contributed by atoms with E-state index in [4.69, 9.17) is 10.2 Å². The number of sulfonamides is 1. The summed E-state index contributed by atoms with van der Waals surface area (Å²) in [5, 5.41) is 22.9. The molecule has 2 rings (SSSR count). The monoisotopic (exact) mass is 421 g/mol. The van der Waals surface area contributed by atoms with Crippen LogP contribution in [0, 0.1) is 0 Å². The molecule has 0 aliphatic carbocycles. The molecule has 29 heavy (non-hydrogen) atoms. The van der Waals surface area contributed by atoms with Crippen LogP contribution in [0.5, 0.6) is 0 Å². The topological polar surface area (TPSA) is 145 Å². The van der Waals surface area contributed by atoms with E-state index in [2.05, 4.69) is 15.4 Å². The van der Waals surface area contributed by atoms with Crippen molar-refractivity contribution in [3.8, 4) is 0 Å². The predicted octanol–water partition coefficient (Wildman–Crippen LogP) is 0.529. The maximum atomic E-state index is 12.4. The molecule has 0 aromatic heterocycles. The summed E-state index contributed by atoms with van der Waals surface area (Å²) in [5.74, 6) is -1.76. The number of carboxylic acid groups (broad SMARTS) is 1. The zero-order chi connectivity index (χ0) is 21.3. The van der Waals surface area contributed by atoms with Crippen LogP contribution in [0.1, 0.15) is 12.0 Å². The van der Waals surface area contributed by atoms with E-state index in [0.717, 1.165) is 5.56 Å². The van der Waals surface area contributed by atoms with Gasteiger partial charge in [0.15, 0.2) is 0 Å². The van der Waals surface area contributed by atoms with Crippen LogP contribution >= 0.6 is 0 Å². The van der Waals surface area contributed by atoms with Crippen LogP contribution in [0.25, 0.3) is 0 Å². The number of hydrogen-bond donors (Lipinski definition) is 5. The first-order valence-corrected chi connectivity index (χ1v) is 10.3. The molecule has 0 heterocycles. The van der Waals surface area contributed by atoms with Gasteiger partial charge in [0.25, 0.3) is 0 Å². The Hall–Kier alpha value is -2.79. The number of nitrogens with one attached hydrogen (secondary N) is 3. The van der Waals surface area contributed by atoms with E-state index < -0.39 is 27.9 Å². The molecule has 9 nitrogen and oxygen atoms in total. The molecule has 0 fully saturated rings. The Kier molecular flexibility index (Phi) is 8.28. The minimum atomic E-state index is -3.72. The van der Waals surface area contributed by atoms with Crippen LogP contribution in [0.4, 0.5) is 5.69 Å². The average molecular weight is 421 g/mol. The summed E-state index contributed by atoms with van der Waals surface area (Å²) in [5.41, 5.74) is 1.16. The fourth-order valence-electron chi connectivity index (χ4n) is 2.46. The van der Waals surface area contributed by atoms with Gasteiger partial charge in [-0.3, -0.25) is 9.59 Å². The lowest BCUT2D eigenvalue weighted by Gasteiger charge is -2.14. The number of anilines is 1. The summed E-state index contributed by atoms with van der Waals surface area (Å²) in [4.78, 5) is 23.2. The lowest BCUT2D eigenvalue weighted by Crippen LogP contribution is -2.41. The first-order valence-electron chi connectivity index (χ1n) is 8.82. The van der Waals surface area contributed by atoms with Gasteiger partial charge < -0.3 is 20.8 Å². The van der Waals surface area contributed by atoms with Gasteiger partial charge in [-0.25, -0.2) is 13.1 Å².